The van der Waals surface area contributed by atoms with Gasteiger partial charge in [0.1, 0.15) is 0 Å². The molecule has 1 fully saturated rings. The Kier molecular flexibility index (Phi) is 5.68. The van der Waals surface area contributed by atoms with Crippen molar-refractivity contribution in [3.05, 3.63) is 29.8 Å². The van der Waals surface area contributed by atoms with Crippen molar-refractivity contribution in [2.24, 2.45) is 17.3 Å². The number of hydrogen-bond acceptors (Lipinski definition) is 2. The Labute approximate surface area is 145 Å². The van der Waals surface area contributed by atoms with E-state index >= 15 is 0 Å². The van der Waals surface area contributed by atoms with Gasteiger partial charge in [-0.15, -0.1) is 0 Å². The van der Waals surface area contributed by atoms with E-state index in [-0.39, 0.29) is 17.7 Å². The molecule has 4 nitrogen and oxygen atoms in total. The zero-order valence-electron chi connectivity index (χ0n) is 15.6. The second-order valence-corrected chi connectivity index (χ2v) is 8.18. The summed E-state index contributed by atoms with van der Waals surface area (Å²) in [5.74, 6) is 0.881. The summed E-state index contributed by atoms with van der Waals surface area (Å²) in [7, 11) is 3.46. The van der Waals surface area contributed by atoms with Crippen molar-refractivity contribution in [2.45, 2.75) is 46.5 Å². The van der Waals surface area contributed by atoms with Crippen LogP contribution in [0.4, 0.5) is 5.69 Å². The number of nitrogens with one attached hydrogen (secondary N) is 1. The minimum Gasteiger partial charge on any atom is -0.345 e. The molecule has 0 aromatic heterocycles. The second-order valence-electron chi connectivity index (χ2n) is 8.18. The van der Waals surface area contributed by atoms with E-state index in [1.165, 1.54) is 0 Å². The average molecular weight is 330 g/mol. The molecule has 1 aromatic rings. The number of carbonyl (C=O) groups is 2. The SMILES string of the molecule is CN(C)C(=O)c1ccc(NC(=O)C2CCC(C(C)(C)C)CC2)cc1. The molecule has 0 atom stereocenters. The average Bonchev–Trinajstić information content (AvgIpc) is 2.54. The van der Waals surface area contributed by atoms with Gasteiger partial charge in [-0.25, -0.2) is 0 Å². The summed E-state index contributed by atoms with van der Waals surface area (Å²) in [6.45, 7) is 6.86. The van der Waals surface area contributed by atoms with E-state index in [1.54, 1.807) is 43.3 Å². The third-order valence-corrected chi connectivity index (χ3v) is 5.13. The Balaban J connectivity index is 1.90. The minimum absolute atomic E-state index is 0.0339. The fraction of sp³-hybridized carbons (Fsp3) is 0.600. The number of benzene rings is 1. The van der Waals surface area contributed by atoms with Gasteiger partial charge in [0.05, 0.1) is 0 Å². The highest BCUT2D eigenvalue weighted by atomic mass is 16.2. The molecule has 1 aromatic carbocycles. The summed E-state index contributed by atoms with van der Waals surface area (Å²) in [5.41, 5.74) is 1.72. The van der Waals surface area contributed by atoms with Crippen molar-refractivity contribution in [2.75, 3.05) is 19.4 Å². The van der Waals surface area contributed by atoms with Crippen LogP contribution < -0.4 is 5.32 Å². The first-order valence-electron chi connectivity index (χ1n) is 8.81. The first-order chi connectivity index (χ1) is 11.2. The van der Waals surface area contributed by atoms with Gasteiger partial charge in [0.2, 0.25) is 5.91 Å². The molecule has 0 heterocycles. The molecule has 0 unspecified atom stereocenters. The molecule has 2 rings (SSSR count). The lowest BCUT2D eigenvalue weighted by molar-refractivity contribution is -0.121. The first kappa shape index (κ1) is 18.5. The van der Waals surface area contributed by atoms with Crippen LogP contribution in [0.15, 0.2) is 24.3 Å². The molecule has 0 radical (unpaired) electrons. The Morgan fingerprint density at radius 3 is 2.00 bits per heavy atom. The van der Waals surface area contributed by atoms with Crippen molar-refractivity contribution < 1.29 is 9.59 Å². The standard InChI is InChI=1S/C20H30N2O2/c1-20(2,3)16-10-6-14(7-11-16)18(23)21-17-12-8-15(9-13-17)19(24)22(4)5/h8-9,12-14,16H,6-7,10-11H2,1-5H3,(H,21,23). The minimum atomic E-state index is -0.0339. The van der Waals surface area contributed by atoms with Crippen LogP contribution in [0, 0.1) is 17.3 Å². The summed E-state index contributed by atoms with van der Waals surface area (Å²) in [4.78, 5) is 25.9. The van der Waals surface area contributed by atoms with Gasteiger partial charge >= 0.3 is 0 Å². The molecule has 2 amide bonds. The number of carbonyl (C=O) groups excluding carboxylic acids is 2. The van der Waals surface area contributed by atoms with Crippen LogP contribution in [-0.4, -0.2) is 30.8 Å². The lowest BCUT2D eigenvalue weighted by Gasteiger charge is -2.36. The normalized spacial score (nSPS) is 21.2. The zero-order valence-corrected chi connectivity index (χ0v) is 15.6. The van der Waals surface area contributed by atoms with E-state index in [0.29, 0.717) is 16.9 Å². The lowest BCUT2D eigenvalue weighted by Crippen LogP contribution is -2.31. The van der Waals surface area contributed by atoms with Crippen LogP contribution in [0.25, 0.3) is 0 Å². The van der Waals surface area contributed by atoms with E-state index in [2.05, 4.69) is 26.1 Å². The number of rotatable bonds is 3. The summed E-state index contributed by atoms with van der Waals surface area (Å²) in [6, 6.07) is 7.12. The molecular weight excluding hydrogens is 300 g/mol. The van der Waals surface area contributed by atoms with E-state index < -0.39 is 0 Å². The quantitative estimate of drug-likeness (QED) is 0.904. The monoisotopic (exact) mass is 330 g/mol. The van der Waals surface area contributed by atoms with Crippen molar-refractivity contribution in [3.8, 4) is 0 Å². The molecule has 1 aliphatic rings. The van der Waals surface area contributed by atoms with Gasteiger partial charge in [0.25, 0.3) is 5.91 Å². The smallest absolute Gasteiger partial charge is 0.253 e. The van der Waals surface area contributed by atoms with Gasteiger partial charge in [-0.1, -0.05) is 20.8 Å². The van der Waals surface area contributed by atoms with Gasteiger partial charge in [0.15, 0.2) is 0 Å². The van der Waals surface area contributed by atoms with E-state index in [4.69, 9.17) is 0 Å². The maximum absolute atomic E-state index is 12.5. The van der Waals surface area contributed by atoms with Gasteiger partial charge in [-0.2, -0.15) is 0 Å². The molecule has 1 aliphatic carbocycles. The van der Waals surface area contributed by atoms with Gasteiger partial charge in [-0.05, 0) is 61.3 Å². The number of anilines is 1. The highest BCUT2D eigenvalue weighted by Crippen LogP contribution is 2.40. The van der Waals surface area contributed by atoms with Crippen molar-refractivity contribution in [1.29, 1.82) is 0 Å². The molecule has 132 valence electrons. The fourth-order valence-electron chi connectivity index (χ4n) is 3.42. The third-order valence-electron chi connectivity index (χ3n) is 5.13. The second kappa shape index (κ2) is 7.37. The van der Waals surface area contributed by atoms with Crippen LogP contribution in [-0.2, 0) is 4.79 Å². The summed E-state index contributed by atoms with van der Waals surface area (Å²) in [6.07, 6.45) is 4.17. The van der Waals surface area contributed by atoms with Crippen LogP contribution in [0.3, 0.4) is 0 Å². The Morgan fingerprint density at radius 2 is 1.54 bits per heavy atom. The number of nitrogens with zero attached hydrogens (tertiary/aromatic N) is 1. The maximum atomic E-state index is 12.5. The van der Waals surface area contributed by atoms with Gasteiger partial charge in [0, 0.05) is 31.3 Å². The van der Waals surface area contributed by atoms with Crippen molar-refractivity contribution in [1.82, 2.24) is 4.90 Å². The van der Waals surface area contributed by atoms with Crippen molar-refractivity contribution in [3.63, 3.8) is 0 Å². The Bertz CT molecular complexity index is 577. The number of amides is 2. The van der Waals surface area contributed by atoms with Crippen molar-refractivity contribution >= 4 is 17.5 Å². The van der Waals surface area contributed by atoms with E-state index in [1.807, 2.05) is 0 Å². The molecule has 4 heteroatoms. The topological polar surface area (TPSA) is 49.4 Å². The van der Waals surface area contributed by atoms with Crippen LogP contribution in [0.1, 0.15) is 56.8 Å². The molecule has 1 N–H and O–H groups in total. The molecule has 0 saturated heterocycles. The highest BCUT2D eigenvalue weighted by Gasteiger charge is 2.32. The predicted octanol–water partition coefficient (Wildman–Crippen LogP) is 4.18. The van der Waals surface area contributed by atoms with Gasteiger partial charge < -0.3 is 10.2 Å². The molecule has 0 aliphatic heterocycles. The molecule has 0 spiro atoms. The Hall–Kier alpha value is -1.84. The Morgan fingerprint density at radius 1 is 1.00 bits per heavy atom. The lowest BCUT2D eigenvalue weighted by atomic mass is 9.69. The first-order valence-corrected chi connectivity index (χ1v) is 8.81. The molecule has 24 heavy (non-hydrogen) atoms. The third kappa shape index (κ3) is 4.59. The van der Waals surface area contributed by atoms with Crippen LogP contribution >= 0.6 is 0 Å². The zero-order chi connectivity index (χ0) is 17.9. The summed E-state index contributed by atoms with van der Waals surface area (Å²) in [5, 5.41) is 3.00. The largest absolute Gasteiger partial charge is 0.345 e. The predicted molar refractivity (Wildman–Crippen MR) is 98.0 cm³/mol. The van der Waals surface area contributed by atoms with Gasteiger partial charge in [-0.3, -0.25) is 9.59 Å². The summed E-state index contributed by atoms with van der Waals surface area (Å²) < 4.78 is 0. The van der Waals surface area contributed by atoms with E-state index in [9.17, 15) is 9.59 Å². The van der Waals surface area contributed by atoms with E-state index in [0.717, 1.165) is 31.4 Å². The molecule has 1 saturated carbocycles. The highest BCUT2D eigenvalue weighted by molar-refractivity contribution is 5.96. The maximum Gasteiger partial charge on any atom is 0.253 e. The van der Waals surface area contributed by atoms with Crippen LogP contribution in [0.5, 0.6) is 0 Å². The number of hydrogen-bond donors (Lipinski definition) is 1. The molecular formula is C20H30N2O2. The van der Waals surface area contributed by atoms with Crippen LogP contribution in [0.2, 0.25) is 0 Å². The fourth-order valence-corrected chi connectivity index (χ4v) is 3.42. The molecule has 0 bridgehead atoms. The summed E-state index contributed by atoms with van der Waals surface area (Å²) >= 11 is 0.